The second kappa shape index (κ2) is 6.88. The van der Waals surface area contributed by atoms with Gasteiger partial charge in [0.25, 0.3) is 0 Å². The number of nitrogens with one attached hydrogen (secondary N) is 2. The smallest absolute Gasteiger partial charge is 0.0171 e. The van der Waals surface area contributed by atoms with E-state index in [2.05, 4.69) is 78.0 Å². The van der Waals surface area contributed by atoms with Crippen molar-refractivity contribution in [1.29, 1.82) is 0 Å². The van der Waals surface area contributed by atoms with Gasteiger partial charge in [0.1, 0.15) is 0 Å². The van der Waals surface area contributed by atoms with E-state index >= 15 is 0 Å². The van der Waals surface area contributed by atoms with Crippen LogP contribution in [0.5, 0.6) is 0 Å². The molecule has 0 radical (unpaired) electrons. The summed E-state index contributed by atoms with van der Waals surface area (Å²) >= 11 is 0. The Morgan fingerprint density at radius 2 is 1.06 bits per heavy atom. The van der Waals surface area contributed by atoms with Crippen LogP contribution >= 0.6 is 0 Å². The molecule has 0 aliphatic rings. The molecule has 3 nitrogen and oxygen atoms in total. The molecule has 0 aromatic rings. The maximum absolute atomic E-state index is 3.61. The van der Waals surface area contributed by atoms with E-state index in [1.54, 1.807) is 0 Å². The lowest BCUT2D eigenvalue weighted by molar-refractivity contribution is 0.232. The van der Waals surface area contributed by atoms with Crippen LogP contribution < -0.4 is 10.6 Å². The molecular formula is C15H35N3. The predicted octanol–water partition coefficient (Wildman–Crippen LogP) is 2.47. The zero-order valence-electron chi connectivity index (χ0n) is 14.0. The van der Waals surface area contributed by atoms with Crippen LogP contribution in [0.3, 0.4) is 0 Å². The molecule has 0 saturated carbocycles. The highest BCUT2D eigenvalue weighted by molar-refractivity contribution is 4.80. The van der Waals surface area contributed by atoms with Crippen molar-refractivity contribution in [2.45, 2.75) is 78.6 Å². The summed E-state index contributed by atoms with van der Waals surface area (Å²) in [5, 5.41) is 7.22. The summed E-state index contributed by atoms with van der Waals surface area (Å²) in [4.78, 5) is 2.40. The van der Waals surface area contributed by atoms with Crippen molar-refractivity contribution in [2.75, 3.05) is 20.1 Å². The molecule has 0 aromatic heterocycles. The fraction of sp³-hybridized carbons (Fsp3) is 1.00. The van der Waals surface area contributed by atoms with E-state index in [1.165, 1.54) is 0 Å². The molecule has 0 bridgehead atoms. The summed E-state index contributed by atoms with van der Waals surface area (Å²) in [5.74, 6) is 0. The van der Waals surface area contributed by atoms with Gasteiger partial charge in [-0.25, -0.2) is 0 Å². The van der Waals surface area contributed by atoms with Crippen molar-refractivity contribution in [2.24, 2.45) is 0 Å². The maximum Gasteiger partial charge on any atom is 0.0171 e. The highest BCUT2D eigenvalue weighted by atomic mass is 15.2. The molecule has 2 N–H and O–H groups in total. The molecule has 0 spiro atoms. The van der Waals surface area contributed by atoms with Gasteiger partial charge in [-0.05, 0) is 62.4 Å². The third kappa shape index (κ3) is 11.0. The van der Waals surface area contributed by atoms with Crippen molar-refractivity contribution < 1.29 is 0 Å². The second-order valence-electron chi connectivity index (χ2n) is 7.81. The van der Waals surface area contributed by atoms with Crippen LogP contribution in [-0.2, 0) is 0 Å². The van der Waals surface area contributed by atoms with Crippen molar-refractivity contribution in [1.82, 2.24) is 15.5 Å². The molecule has 0 aromatic carbocycles. The average molecular weight is 257 g/mol. The third-order valence-corrected chi connectivity index (χ3v) is 2.53. The minimum atomic E-state index is 0.190. The number of nitrogens with zero attached hydrogens (tertiary/aromatic N) is 1. The first kappa shape index (κ1) is 17.9. The van der Waals surface area contributed by atoms with E-state index in [0.717, 1.165) is 13.1 Å². The molecule has 0 saturated heterocycles. The van der Waals surface area contributed by atoms with Crippen LogP contribution in [-0.4, -0.2) is 48.2 Å². The Kier molecular flexibility index (Phi) is 6.83. The van der Waals surface area contributed by atoms with E-state index in [1.807, 2.05) is 0 Å². The van der Waals surface area contributed by atoms with Gasteiger partial charge in [0.2, 0.25) is 0 Å². The number of hydrogen-bond donors (Lipinski definition) is 2. The summed E-state index contributed by atoms with van der Waals surface area (Å²) < 4.78 is 0. The Morgan fingerprint density at radius 3 is 1.28 bits per heavy atom. The van der Waals surface area contributed by atoms with Crippen LogP contribution in [0.15, 0.2) is 0 Å². The van der Waals surface area contributed by atoms with Gasteiger partial charge in [-0.1, -0.05) is 0 Å². The van der Waals surface area contributed by atoms with Gasteiger partial charge in [0, 0.05) is 36.3 Å². The summed E-state index contributed by atoms with van der Waals surface area (Å²) in [5.41, 5.74) is 0.380. The standard InChI is InChI=1S/C15H35N3/c1-12(16-14(3,4)5)10-18(9)11-13(2)17-15(6,7)8/h12-13,16-17H,10-11H2,1-9H3. The van der Waals surface area contributed by atoms with Crippen LogP contribution in [0.1, 0.15) is 55.4 Å². The van der Waals surface area contributed by atoms with Crippen molar-refractivity contribution in [3.8, 4) is 0 Å². The number of hydrogen-bond acceptors (Lipinski definition) is 3. The van der Waals surface area contributed by atoms with Crippen molar-refractivity contribution in [3.05, 3.63) is 0 Å². The lowest BCUT2D eigenvalue weighted by atomic mass is 10.1. The van der Waals surface area contributed by atoms with Gasteiger partial charge in [-0.2, -0.15) is 0 Å². The summed E-state index contributed by atoms with van der Waals surface area (Å²) in [6, 6.07) is 1.02. The van der Waals surface area contributed by atoms with Crippen LogP contribution in [0.4, 0.5) is 0 Å². The highest BCUT2D eigenvalue weighted by Crippen LogP contribution is 2.04. The Balaban J connectivity index is 4.00. The first-order valence-electron chi connectivity index (χ1n) is 7.13. The van der Waals surface area contributed by atoms with Gasteiger partial charge in [0.15, 0.2) is 0 Å². The summed E-state index contributed by atoms with van der Waals surface area (Å²) in [7, 11) is 2.20. The van der Waals surface area contributed by atoms with Crippen molar-refractivity contribution >= 4 is 0 Å². The zero-order valence-corrected chi connectivity index (χ0v) is 14.0. The van der Waals surface area contributed by atoms with Gasteiger partial charge in [-0.3, -0.25) is 0 Å². The van der Waals surface area contributed by atoms with E-state index in [-0.39, 0.29) is 11.1 Å². The molecule has 0 aliphatic heterocycles. The average Bonchev–Trinajstić information content (AvgIpc) is 1.92. The van der Waals surface area contributed by atoms with Gasteiger partial charge in [0.05, 0.1) is 0 Å². The van der Waals surface area contributed by atoms with E-state index in [0.29, 0.717) is 12.1 Å². The number of rotatable bonds is 6. The minimum Gasteiger partial charge on any atom is -0.308 e. The van der Waals surface area contributed by atoms with Crippen molar-refractivity contribution in [3.63, 3.8) is 0 Å². The maximum atomic E-state index is 3.61. The molecule has 0 aliphatic carbocycles. The molecule has 0 amide bonds. The Hall–Kier alpha value is -0.120. The molecule has 2 unspecified atom stereocenters. The Labute approximate surface area is 115 Å². The Morgan fingerprint density at radius 1 is 0.778 bits per heavy atom. The largest absolute Gasteiger partial charge is 0.308 e. The first-order chi connectivity index (χ1) is 7.89. The van der Waals surface area contributed by atoms with Gasteiger partial charge >= 0.3 is 0 Å². The topological polar surface area (TPSA) is 27.3 Å². The molecule has 110 valence electrons. The lowest BCUT2D eigenvalue weighted by Gasteiger charge is -2.32. The normalized spacial score (nSPS) is 17.0. The quantitative estimate of drug-likeness (QED) is 0.765. The fourth-order valence-electron chi connectivity index (χ4n) is 2.58. The lowest BCUT2D eigenvalue weighted by Crippen LogP contribution is -2.50. The zero-order chi connectivity index (χ0) is 14.6. The Bertz CT molecular complexity index is 201. The second-order valence-corrected chi connectivity index (χ2v) is 7.81. The predicted molar refractivity (Wildman–Crippen MR) is 82.2 cm³/mol. The molecule has 0 fully saturated rings. The molecule has 3 heteroatoms. The minimum absolute atomic E-state index is 0.190. The molecule has 18 heavy (non-hydrogen) atoms. The van der Waals surface area contributed by atoms with Crippen LogP contribution in [0, 0.1) is 0 Å². The summed E-state index contributed by atoms with van der Waals surface area (Å²) in [6.07, 6.45) is 0. The van der Waals surface area contributed by atoms with Gasteiger partial charge < -0.3 is 15.5 Å². The van der Waals surface area contributed by atoms with E-state index < -0.39 is 0 Å². The molecule has 0 heterocycles. The number of likely N-dealkylation sites (N-methyl/N-ethyl adjacent to an activating group) is 1. The van der Waals surface area contributed by atoms with Crippen LogP contribution in [0.25, 0.3) is 0 Å². The van der Waals surface area contributed by atoms with E-state index in [9.17, 15) is 0 Å². The highest BCUT2D eigenvalue weighted by Gasteiger charge is 2.18. The molecule has 0 rings (SSSR count). The van der Waals surface area contributed by atoms with Crippen LogP contribution in [0.2, 0.25) is 0 Å². The molecular weight excluding hydrogens is 222 g/mol. The van der Waals surface area contributed by atoms with E-state index in [4.69, 9.17) is 0 Å². The monoisotopic (exact) mass is 257 g/mol. The first-order valence-corrected chi connectivity index (χ1v) is 7.13. The third-order valence-electron chi connectivity index (χ3n) is 2.53. The van der Waals surface area contributed by atoms with Gasteiger partial charge in [-0.15, -0.1) is 0 Å². The molecule has 2 atom stereocenters. The summed E-state index contributed by atoms with van der Waals surface area (Å²) in [6.45, 7) is 20.0. The fourth-order valence-corrected chi connectivity index (χ4v) is 2.58. The SMILES string of the molecule is CC(CN(C)CC(C)NC(C)(C)C)NC(C)(C)C.